The third kappa shape index (κ3) is 7.22. The SMILES string of the molecule is CCCCCCCC(=O)/C=C/[C@@](C)(O)C(=O)OC. The van der Waals surface area contributed by atoms with E-state index in [0.717, 1.165) is 19.3 Å². The van der Waals surface area contributed by atoms with Gasteiger partial charge in [-0.3, -0.25) is 4.79 Å². The van der Waals surface area contributed by atoms with Crippen molar-refractivity contribution in [2.24, 2.45) is 0 Å². The fourth-order valence-corrected chi connectivity index (χ4v) is 1.52. The van der Waals surface area contributed by atoms with Gasteiger partial charge in [0.2, 0.25) is 0 Å². The van der Waals surface area contributed by atoms with Crippen molar-refractivity contribution in [2.75, 3.05) is 7.11 Å². The van der Waals surface area contributed by atoms with E-state index >= 15 is 0 Å². The molecule has 0 aliphatic rings. The van der Waals surface area contributed by atoms with Crippen LogP contribution in [0.4, 0.5) is 0 Å². The molecule has 0 radical (unpaired) electrons. The molecule has 0 bridgehead atoms. The summed E-state index contributed by atoms with van der Waals surface area (Å²) < 4.78 is 4.42. The van der Waals surface area contributed by atoms with Gasteiger partial charge in [0.15, 0.2) is 11.4 Å². The minimum absolute atomic E-state index is 0.0734. The number of carbonyl (C=O) groups excluding carboxylic acids is 2. The third-order valence-electron chi connectivity index (χ3n) is 2.72. The molecule has 0 spiro atoms. The van der Waals surface area contributed by atoms with Gasteiger partial charge in [0, 0.05) is 6.42 Å². The summed E-state index contributed by atoms with van der Waals surface area (Å²) in [5.74, 6) is -0.842. The number of unbranched alkanes of at least 4 members (excludes halogenated alkanes) is 4. The fraction of sp³-hybridized carbons (Fsp3) is 0.714. The summed E-state index contributed by atoms with van der Waals surface area (Å²) in [4.78, 5) is 22.6. The Morgan fingerprint density at radius 1 is 1.22 bits per heavy atom. The molecular weight excluding hydrogens is 232 g/mol. The first-order chi connectivity index (χ1) is 8.44. The monoisotopic (exact) mass is 256 g/mol. The van der Waals surface area contributed by atoms with Gasteiger partial charge in [-0.25, -0.2) is 4.79 Å². The predicted octanol–water partition coefficient (Wildman–Crippen LogP) is 2.40. The van der Waals surface area contributed by atoms with Crippen LogP contribution >= 0.6 is 0 Å². The fourth-order valence-electron chi connectivity index (χ4n) is 1.52. The summed E-state index contributed by atoms with van der Waals surface area (Å²) in [6.07, 6.45) is 8.32. The van der Waals surface area contributed by atoms with Crippen LogP contribution in [0.15, 0.2) is 12.2 Å². The van der Waals surface area contributed by atoms with Gasteiger partial charge in [-0.05, 0) is 25.5 Å². The van der Waals surface area contributed by atoms with Crippen LogP contribution in [0.25, 0.3) is 0 Å². The van der Waals surface area contributed by atoms with Gasteiger partial charge < -0.3 is 9.84 Å². The maximum Gasteiger partial charge on any atom is 0.341 e. The third-order valence-corrected chi connectivity index (χ3v) is 2.72. The van der Waals surface area contributed by atoms with E-state index in [9.17, 15) is 14.7 Å². The number of hydrogen-bond donors (Lipinski definition) is 1. The van der Waals surface area contributed by atoms with E-state index in [1.807, 2.05) is 0 Å². The first kappa shape index (κ1) is 16.8. The van der Waals surface area contributed by atoms with Crippen molar-refractivity contribution < 1.29 is 19.4 Å². The Morgan fingerprint density at radius 2 is 1.83 bits per heavy atom. The molecule has 1 atom stereocenters. The zero-order valence-electron chi connectivity index (χ0n) is 11.6. The van der Waals surface area contributed by atoms with E-state index in [0.29, 0.717) is 6.42 Å². The van der Waals surface area contributed by atoms with Gasteiger partial charge in [-0.1, -0.05) is 32.6 Å². The van der Waals surface area contributed by atoms with Gasteiger partial charge in [0.05, 0.1) is 7.11 Å². The van der Waals surface area contributed by atoms with Crippen molar-refractivity contribution in [1.29, 1.82) is 0 Å². The van der Waals surface area contributed by atoms with Crippen molar-refractivity contribution in [1.82, 2.24) is 0 Å². The van der Waals surface area contributed by atoms with E-state index in [-0.39, 0.29) is 5.78 Å². The lowest BCUT2D eigenvalue weighted by Gasteiger charge is -2.14. The molecule has 4 heteroatoms. The molecule has 0 aliphatic carbocycles. The highest BCUT2D eigenvalue weighted by Crippen LogP contribution is 2.09. The molecule has 0 aromatic heterocycles. The smallest absolute Gasteiger partial charge is 0.341 e. The van der Waals surface area contributed by atoms with E-state index in [1.54, 1.807) is 0 Å². The Kier molecular flexibility index (Phi) is 8.29. The molecule has 0 rings (SSSR count). The number of methoxy groups -OCH3 is 1. The van der Waals surface area contributed by atoms with E-state index in [4.69, 9.17) is 0 Å². The molecule has 0 aliphatic heterocycles. The average Bonchev–Trinajstić information content (AvgIpc) is 2.35. The van der Waals surface area contributed by atoms with Crippen molar-refractivity contribution >= 4 is 11.8 Å². The van der Waals surface area contributed by atoms with Crippen LogP contribution in [0.1, 0.15) is 52.4 Å². The topological polar surface area (TPSA) is 63.6 Å². The number of carbonyl (C=O) groups is 2. The van der Waals surface area contributed by atoms with Crippen molar-refractivity contribution in [3.05, 3.63) is 12.2 Å². The lowest BCUT2D eigenvalue weighted by atomic mass is 10.0. The Balaban J connectivity index is 3.97. The Hall–Kier alpha value is -1.16. The van der Waals surface area contributed by atoms with Crippen LogP contribution in [0.2, 0.25) is 0 Å². The maximum absolute atomic E-state index is 11.5. The molecule has 0 fully saturated rings. The zero-order chi connectivity index (χ0) is 14.0. The number of allylic oxidation sites excluding steroid dienone is 1. The molecule has 0 unspecified atom stereocenters. The van der Waals surface area contributed by atoms with E-state index < -0.39 is 11.6 Å². The van der Waals surface area contributed by atoms with Gasteiger partial charge >= 0.3 is 5.97 Å². The minimum atomic E-state index is -1.73. The highest BCUT2D eigenvalue weighted by Gasteiger charge is 2.28. The maximum atomic E-state index is 11.5. The molecule has 0 saturated heterocycles. The number of ketones is 1. The zero-order valence-corrected chi connectivity index (χ0v) is 11.6. The summed E-state index contributed by atoms with van der Waals surface area (Å²) in [7, 11) is 1.19. The van der Waals surface area contributed by atoms with Crippen molar-refractivity contribution in [3.63, 3.8) is 0 Å². The van der Waals surface area contributed by atoms with Crippen LogP contribution in [-0.4, -0.2) is 29.6 Å². The van der Waals surface area contributed by atoms with E-state index in [2.05, 4.69) is 11.7 Å². The van der Waals surface area contributed by atoms with Crippen molar-refractivity contribution in [2.45, 2.75) is 58.0 Å². The number of rotatable bonds is 9. The van der Waals surface area contributed by atoms with Crippen LogP contribution in [0.5, 0.6) is 0 Å². The van der Waals surface area contributed by atoms with Crippen molar-refractivity contribution in [3.8, 4) is 0 Å². The molecular formula is C14H24O4. The van der Waals surface area contributed by atoms with Gasteiger partial charge in [-0.15, -0.1) is 0 Å². The standard InChI is InChI=1S/C14H24O4/c1-4-5-6-7-8-9-12(15)10-11-14(2,17)13(16)18-3/h10-11,17H,4-9H2,1-3H3/b11-10+/t14-/m1/s1. The molecule has 0 saturated carbocycles. The summed E-state index contributed by atoms with van der Waals surface area (Å²) in [6, 6.07) is 0. The number of esters is 1. The average molecular weight is 256 g/mol. The molecule has 1 N–H and O–H groups in total. The molecule has 18 heavy (non-hydrogen) atoms. The molecule has 4 nitrogen and oxygen atoms in total. The summed E-state index contributed by atoms with van der Waals surface area (Å²) in [6.45, 7) is 3.44. The lowest BCUT2D eigenvalue weighted by molar-refractivity contribution is -0.155. The molecule has 0 amide bonds. The highest BCUT2D eigenvalue weighted by atomic mass is 16.5. The van der Waals surface area contributed by atoms with Crippen LogP contribution < -0.4 is 0 Å². The van der Waals surface area contributed by atoms with Gasteiger partial charge in [0.25, 0.3) is 0 Å². The van der Waals surface area contributed by atoms with Gasteiger partial charge in [-0.2, -0.15) is 0 Å². The second-order valence-corrected chi connectivity index (χ2v) is 4.60. The van der Waals surface area contributed by atoms with Crippen LogP contribution in [-0.2, 0) is 14.3 Å². The Bertz CT molecular complexity index is 292. The minimum Gasteiger partial charge on any atom is -0.467 e. The van der Waals surface area contributed by atoms with Crippen LogP contribution in [0.3, 0.4) is 0 Å². The summed E-state index contributed by atoms with van der Waals surface area (Å²) in [5.41, 5.74) is -1.73. The molecule has 0 heterocycles. The number of aliphatic hydroxyl groups is 1. The summed E-state index contributed by atoms with van der Waals surface area (Å²) >= 11 is 0. The van der Waals surface area contributed by atoms with Gasteiger partial charge in [0.1, 0.15) is 0 Å². The molecule has 0 aromatic carbocycles. The molecule has 104 valence electrons. The summed E-state index contributed by atoms with van der Waals surface area (Å²) in [5, 5.41) is 9.66. The second kappa shape index (κ2) is 8.86. The molecule has 0 aromatic rings. The second-order valence-electron chi connectivity index (χ2n) is 4.60. The van der Waals surface area contributed by atoms with E-state index in [1.165, 1.54) is 39.0 Å². The lowest BCUT2D eigenvalue weighted by Crippen LogP contribution is -2.33. The number of hydrogen-bond acceptors (Lipinski definition) is 4. The Labute approximate surface area is 109 Å². The highest BCUT2D eigenvalue weighted by molar-refractivity contribution is 5.91. The largest absolute Gasteiger partial charge is 0.467 e. The Morgan fingerprint density at radius 3 is 2.39 bits per heavy atom. The quantitative estimate of drug-likeness (QED) is 0.391. The normalized spacial score (nSPS) is 14.4. The first-order valence-corrected chi connectivity index (χ1v) is 6.47. The predicted molar refractivity (Wildman–Crippen MR) is 70.2 cm³/mol. The first-order valence-electron chi connectivity index (χ1n) is 6.47. The van der Waals surface area contributed by atoms with Crippen LogP contribution in [0, 0.1) is 0 Å². The number of ether oxygens (including phenoxy) is 1.